The van der Waals surface area contributed by atoms with Crippen molar-refractivity contribution in [2.24, 2.45) is 0 Å². The summed E-state index contributed by atoms with van der Waals surface area (Å²) in [7, 11) is -1.51. The molecule has 2 aliphatic rings. The molecule has 112 valence electrons. The highest BCUT2D eigenvalue weighted by molar-refractivity contribution is 7.85. The van der Waals surface area contributed by atoms with Crippen LogP contribution >= 0.6 is 0 Å². The van der Waals surface area contributed by atoms with Gasteiger partial charge in [0.25, 0.3) is 0 Å². The molecule has 0 spiro atoms. The molecule has 0 saturated heterocycles. The summed E-state index contributed by atoms with van der Waals surface area (Å²) < 4.78 is 12.8. The van der Waals surface area contributed by atoms with Crippen molar-refractivity contribution >= 4 is 10.8 Å². The first-order valence-electron chi connectivity index (χ1n) is 7.31. The first-order valence-corrected chi connectivity index (χ1v) is 8.46. The average Bonchev–Trinajstić information content (AvgIpc) is 3.12. The van der Waals surface area contributed by atoms with Gasteiger partial charge in [-0.25, -0.2) is 4.21 Å². The van der Waals surface area contributed by atoms with Gasteiger partial charge in [-0.3, -0.25) is 0 Å². The molecule has 3 nitrogen and oxygen atoms in total. The molecule has 0 unspecified atom stereocenters. The highest BCUT2D eigenvalue weighted by atomic mass is 32.2. The van der Waals surface area contributed by atoms with E-state index in [4.69, 9.17) is 0 Å². The zero-order valence-corrected chi connectivity index (χ0v) is 12.9. The standard InChI is InChI=1S/C18H16O3S/c1-10-2-6-13(7-3-10)22(21)15-9-14(19)16-11-4-5-12(8-11)17(16)18(15)20/h2-7,9,11-12,19-20H,8H2,1H3/t11-,12+,22-/m0/s1. The Bertz CT molecular complexity index is 821. The number of phenolic OH excluding ortho intramolecular Hbond substituents is 2. The van der Waals surface area contributed by atoms with Crippen LogP contribution in [0.15, 0.2) is 52.3 Å². The van der Waals surface area contributed by atoms with E-state index in [0.29, 0.717) is 9.79 Å². The molecule has 2 aromatic carbocycles. The third-order valence-corrected chi connectivity index (χ3v) is 5.99. The maximum absolute atomic E-state index is 12.8. The van der Waals surface area contributed by atoms with Gasteiger partial charge in [0, 0.05) is 33.9 Å². The zero-order valence-electron chi connectivity index (χ0n) is 12.1. The van der Waals surface area contributed by atoms with E-state index in [-0.39, 0.29) is 23.3 Å². The van der Waals surface area contributed by atoms with E-state index in [9.17, 15) is 14.4 Å². The fraction of sp³-hybridized carbons (Fsp3) is 0.222. The molecule has 2 aromatic rings. The van der Waals surface area contributed by atoms with Gasteiger partial charge in [0.2, 0.25) is 0 Å². The van der Waals surface area contributed by atoms with Crippen molar-refractivity contribution in [1.82, 2.24) is 0 Å². The summed E-state index contributed by atoms with van der Waals surface area (Å²) in [6.07, 6.45) is 5.02. The van der Waals surface area contributed by atoms with Crippen LogP contribution in [0.2, 0.25) is 0 Å². The van der Waals surface area contributed by atoms with Crippen LogP contribution in [0.1, 0.15) is 34.9 Å². The first-order chi connectivity index (χ1) is 10.6. The lowest BCUT2D eigenvalue weighted by Gasteiger charge is -2.17. The Morgan fingerprint density at radius 1 is 1.05 bits per heavy atom. The monoisotopic (exact) mass is 312 g/mol. The van der Waals surface area contributed by atoms with Gasteiger partial charge in [0.15, 0.2) is 0 Å². The molecule has 4 heteroatoms. The molecule has 4 rings (SSSR count). The molecular formula is C18H16O3S. The number of hydrogen-bond donors (Lipinski definition) is 2. The highest BCUT2D eigenvalue weighted by Crippen LogP contribution is 2.56. The Balaban J connectivity index is 1.84. The topological polar surface area (TPSA) is 57.5 Å². The minimum absolute atomic E-state index is 0.0727. The van der Waals surface area contributed by atoms with Crippen molar-refractivity contribution in [3.63, 3.8) is 0 Å². The van der Waals surface area contributed by atoms with Crippen molar-refractivity contribution < 1.29 is 14.4 Å². The second-order valence-corrected chi connectivity index (χ2v) is 7.43. The number of rotatable bonds is 2. The van der Waals surface area contributed by atoms with Crippen molar-refractivity contribution in [1.29, 1.82) is 0 Å². The van der Waals surface area contributed by atoms with E-state index in [1.165, 1.54) is 6.07 Å². The molecule has 22 heavy (non-hydrogen) atoms. The van der Waals surface area contributed by atoms with Crippen LogP contribution in [-0.2, 0) is 10.8 Å². The molecular weight excluding hydrogens is 296 g/mol. The third-order valence-electron chi connectivity index (χ3n) is 4.58. The molecule has 0 aromatic heterocycles. The molecule has 0 saturated carbocycles. The van der Waals surface area contributed by atoms with Crippen molar-refractivity contribution in [3.05, 3.63) is 59.2 Å². The maximum Gasteiger partial charge on any atom is 0.136 e. The van der Waals surface area contributed by atoms with Crippen LogP contribution in [0.5, 0.6) is 11.5 Å². The summed E-state index contributed by atoms with van der Waals surface area (Å²) in [5, 5.41) is 20.9. The van der Waals surface area contributed by atoms with Crippen molar-refractivity contribution in [2.45, 2.75) is 35.0 Å². The molecule has 0 radical (unpaired) electrons. The van der Waals surface area contributed by atoms with Crippen LogP contribution in [-0.4, -0.2) is 14.4 Å². The number of allylic oxidation sites excluding steroid dienone is 2. The molecule has 0 heterocycles. The fourth-order valence-electron chi connectivity index (χ4n) is 3.49. The molecule has 3 atom stereocenters. The van der Waals surface area contributed by atoms with E-state index in [0.717, 1.165) is 23.1 Å². The van der Waals surface area contributed by atoms with Gasteiger partial charge >= 0.3 is 0 Å². The lowest BCUT2D eigenvalue weighted by atomic mass is 9.95. The van der Waals surface area contributed by atoms with Crippen LogP contribution in [0, 0.1) is 6.92 Å². The summed E-state index contributed by atoms with van der Waals surface area (Å²) in [4.78, 5) is 0.917. The Morgan fingerprint density at radius 2 is 1.68 bits per heavy atom. The predicted molar refractivity (Wildman–Crippen MR) is 84.9 cm³/mol. The summed E-state index contributed by atoms with van der Waals surface area (Å²) in [5.74, 6) is 0.511. The molecule has 0 aliphatic heterocycles. The number of fused-ring (bicyclic) bond motifs is 5. The normalized spacial score (nSPS) is 22.8. The Labute approximate surface area is 131 Å². The SMILES string of the molecule is Cc1ccc([S@](=O)c2cc(O)c3c(c2O)[C@@H]2C=C[C@H]3C2)cc1. The number of aryl methyl sites for hydroxylation is 1. The molecule has 2 bridgehead atoms. The van der Waals surface area contributed by atoms with E-state index < -0.39 is 10.8 Å². The summed E-state index contributed by atoms with van der Waals surface area (Å²) >= 11 is 0. The average molecular weight is 312 g/mol. The summed E-state index contributed by atoms with van der Waals surface area (Å²) in [5.41, 5.74) is 2.64. The minimum atomic E-state index is -1.51. The Morgan fingerprint density at radius 3 is 2.36 bits per heavy atom. The van der Waals surface area contributed by atoms with Crippen LogP contribution in [0.3, 0.4) is 0 Å². The lowest BCUT2D eigenvalue weighted by Crippen LogP contribution is -2.00. The molecule has 2 aliphatic carbocycles. The number of hydrogen-bond acceptors (Lipinski definition) is 3. The van der Waals surface area contributed by atoms with Gasteiger partial charge in [-0.2, -0.15) is 0 Å². The van der Waals surface area contributed by atoms with E-state index in [1.54, 1.807) is 12.1 Å². The first kappa shape index (κ1) is 13.6. The van der Waals surface area contributed by atoms with Gasteiger partial charge in [-0.05, 0) is 25.5 Å². The Hall–Kier alpha value is -2.07. The predicted octanol–water partition coefficient (Wildman–Crippen LogP) is 3.71. The largest absolute Gasteiger partial charge is 0.508 e. The minimum Gasteiger partial charge on any atom is -0.508 e. The number of phenols is 2. The van der Waals surface area contributed by atoms with Crippen LogP contribution in [0.25, 0.3) is 0 Å². The second-order valence-electron chi connectivity index (χ2n) is 5.99. The van der Waals surface area contributed by atoms with Crippen molar-refractivity contribution in [2.75, 3.05) is 0 Å². The van der Waals surface area contributed by atoms with Gasteiger partial charge in [-0.15, -0.1) is 0 Å². The van der Waals surface area contributed by atoms with Crippen LogP contribution in [0.4, 0.5) is 0 Å². The second kappa shape index (κ2) is 4.71. The lowest BCUT2D eigenvalue weighted by molar-refractivity contribution is 0.438. The van der Waals surface area contributed by atoms with E-state index in [1.807, 2.05) is 19.1 Å². The van der Waals surface area contributed by atoms with Gasteiger partial charge < -0.3 is 10.2 Å². The quantitative estimate of drug-likeness (QED) is 0.656. The van der Waals surface area contributed by atoms with Gasteiger partial charge in [0.05, 0.1) is 15.7 Å². The molecule has 2 N–H and O–H groups in total. The number of benzene rings is 2. The van der Waals surface area contributed by atoms with Gasteiger partial charge in [0.1, 0.15) is 11.5 Å². The summed E-state index contributed by atoms with van der Waals surface area (Å²) in [6.45, 7) is 1.97. The summed E-state index contributed by atoms with van der Waals surface area (Å²) in [6, 6.07) is 8.82. The van der Waals surface area contributed by atoms with Gasteiger partial charge in [-0.1, -0.05) is 29.8 Å². The smallest absolute Gasteiger partial charge is 0.136 e. The molecule has 0 amide bonds. The van der Waals surface area contributed by atoms with E-state index >= 15 is 0 Å². The zero-order chi connectivity index (χ0) is 15.4. The Kier molecular flexibility index (Phi) is 2.91. The number of aromatic hydroxyl groups is 2. The third kappa shape index (κ3) is 1.83. The maximum atomic E-state index is 12.8. The van der Waals surface area contributed by atoms with Crippen molar-refractivity contribution in [3.8, 4) is 11.5 Å². The molecule has 0 fully saturated rings. The highest BCUT2D eigenvalue weighted by Gasteiger charge is 2.38. The van der Waals surface area contributed by atoms with E-state index in [2.05, 4.69) is 12.2 Å². The fourth-order valence-corrected chi connectivity index (χ4v) is 4.63. The van der Waals surface area contributed by atoms with Crippen LogP contribution < -0.4 is 0 Å².